The maximum absolute atomic E-state index is 12.8. The number of aliphatic hydroxyl groups excluding tert-OH is 1. The molecule has 5 nitrogen and oxygen atoms in total. The van der Waals surface area contributed by atoms with E-state index in [1.54, 1.807) is 21.9 Å². The Balaban J connectivity index is 2.05. The van der Waals surface area contributed by atoms with Crippen LogP contribution in [0.5, 0.6) is 0 Å². The lowest BCUT2D eigenvalue weighted by molar-refractivity contribution is -0.143. The molecule has 1 aromatic rings. The molecule has 1 N–H and O–H groups in total. The highest BCUT2D eigenvalue weighted by Gasteiger charge is 2.35. The van der Waals surface area contributed by atoms with Crippen LogP contribution in [0.2, 0.25) is 5.02 Å². The van der Waals surface area contributed by atoms with Crippen LogP contribution in [0.1, 0.15) is 19.4 Å². The van der Waals surface area contributed by atoms with Crippen LogP contribution in [0.3, 0.4) is 0 Å². The quantitative estimate of drug-likeness (QED) is 0.911. The van der Waals surface area contributed by atoms with Crippen LogP contribution in [0.25, 0.3) is 0 Å². The van der Waals surface area contributed by atoms with Gasteiger partial charge in [0.2, 0.25) is 11.8 Å². The second-order valence-electron chi connectivity index (χ2n) is 5.96. The number of aliphatic hydroxyl groups is 1. The number of nitrogens with zero attached hydrogens (tertiary/aromatic N) is 2. The number of rotatable bonds is 3. The number of amides is 2. The molecule has 6 heteroatoms. The lowest BCUT2D eigenvalue weighted by atomic mass is 9.83. The third kappa shape index (κ3) is 3.42. The van der Waals surface area contributed by atoms with Crippen LogP contribution < -0.4 is 0 Å². The predicted octanol–water partition coefficient (Wildman–Crippen LogP) is 1.28. The molecule has 1 aliphatic rings. The molecular weight excluding hydrogens is 304 g/mol. The van der Waals surface area contributed by atoms with E-state index in [-0.39, 0.29) is 11.8 Å². The molecule has 0 atom stereocenters. The molecule has 1 fully saturated rings. The molecule has 1 saturated heterocycles. The van der Waals surface area contributed by atoms with Gasteiger partial charge in [0, 0.05) is 31.2 Å². The van der Waals surface area contributed by atoms with E-state index in [4.69, 9.17) is 16.7 Å². The van der Waals surface area contributed by atoms with Crippen molar-refractivity contribution in [3.05, 3.63) is 34.9 Å². The Bertz CT molecular complexity index is 549. The Morgan fingerprint density at radius 1 is 1.09 bits per heavy atom. The van der Waals surface area contributed by atoms with Crippen molar-refractivity contribution >= 4 is 23.4 Å². The molecule has 0 unspecified atom stereocenters. The van der Waals surface area contributed by atoms with E-state index in [2.05, 4.69) is 0 Å². The van der Waals surface area contributed by atoms with Crippen molar-refractivity contribution < 1.29 is 14.7 Å². The molecule has 0 saturated carbocycles. The molecule has 0 bridgehead atoms. The van der Waals surface area contributed by atoms with Gasteiger partial charge in [-0.2, -0.15) is 0 Å². The number of hydrogen-bond acceptors (Lipinski definition) is 3. The second kappa shape index (κ2) is 6.67. The lowest BCUT2D eigenvalue weighted by Gasteiger charge is -2.38. The Labute approximate surface area is 135 Å². The van der Waals surface area contributed by atoms with Gasteiger partial charge in [0.15, 0.2) is 0 Å². The molecule has 1 aliphatic heterocycles. The second-order valence-corrected chi connectivity index (χ2v) is 6.40. The summed E-state index contributed by atoms with van der Waals surface area (Å²) in [5.41, 5.74) is 0.268. The van der Waals surface area contributed by atoms with Crippen molar-refractivity contribution in [2.24, 2.45) is 0 Å². The van der Waals surface area contributed by atoms with Gasteiger partial charge in [-0.15, -0.1) is 0 Å². The van der Waals surface area contributed by atoms with E-state index >= 15 is 0 Å². The van der Waals surface area contributed by atoms with E-state index in [1.807, 2.05) is 26.0 Å². The van der Waals surface area contributed by atoms with Crippen LogP contribution in [-0.2, 0) is 15.0 Å². The van der Waals surface area contributed by atoms with Gasteiger partial charge in [0.1, 0.15) is 6.61 Å². The first-order chi connectivity index (χ1) is 10.4. The number of benzene rings is 1. The minimum absolute atomic E-state index is 0.0333. The van der Waals surface area contributed by atoms with E-state index in [1.165, 1.54) is 0 Å². The average molecular weight is 325 g/mol. The molecule has 0 spiro atoms. The standard InChI is InChI=1S/C16H21ClN2O3/c1-16(2,12-3-5-13(17)6-4-12)15(22)19-9-7-18(8-10-19)14(21)11-20/h3-6,20H,7-11H2,1-2H3. The SMILES string of the molecule is CC(C)(C(=O)N1CCN(C(=O)CO)CC1)c1ccc(Cl)cc1. The van der Waals surface area contributed by atoms with Gasteiger partial charge in [0.05, 0.1) is 5.41 Å². The molecule has 1 heterocycles. The molecule has 1 aromatic carbocycles. The summed E-state index contributed by atoms with van der Waals surface area (Å²) < 4.78 is 0. The van der Waals surface area contributed by atoms with Crippen molar-refractivity contribution in [2.45, 2.75) is 19.3 Å². The van der Waals surface area contributed by atoms with E-state index in [0.717, 1.165) is 5.56 Å². The number of carbonyl (C=O) groups excluding carboxylic acids is 2. The third-order valence-corrected chi connectivity index (χ3v) is 4.41. The van der Waals surface area contributed by atoms with Crippen molar-refractivity contribution in [1.82, 2.24) is 9.80 Å². The van der Waals surface area contributed by atoms with Gasteiger partial charge < -0.3 is 14.9 Å². The van der Waals surface area contributed by atoms with Crippen molar-refractivity contribution in [3.63, 3.8) is 0 Å². The predicted molar refractivity (Wildman–Crippen MR) is 84.7 cm³/mol. The number of piperazine rings is 1. The normalized spacial score (nSPS) is 15.8. The number of halogens is 1. The maximum atomic E-state index is 12.8. The number of hydrogen-bond donors (Lipinski definition) is 1. The average Bonchev–Trinajstić information content (AvgIpc) is 2.54. The molecule has 22 heavy (non-hydrogen) atoms. The fourth-order valence-electron chi connectivity index (χ4n) is 2.64. The molecule has 120 valence electrons. The fraction of sp³-hybridized carbons (Fsp3) is 0.500. The van der Waals surface area contributed by atoms with Crippen LogP contribution in [0.4, 0.5) is 0 Å². The highest BCUT2D eigenvalue weighted by atomic mass is 35.5. The summed E-state index contributed by atoms with van der Waals surface area (Å²) in [7, 11) is 0. The van der Waals surface area contributed by atoms with Crippen LogP contribution in [0.15, 0.2) is 24.3 Å². The first-order valence-electron chi connectivity index (χ1n) is 7.30. The summed E-state index contributed by atoms with van der Waals surface area (Å²) in [4.78, 5) is 27.6. The Morgan fingerprint density at radius 3 is 2.09 bits per heavy atom. The summed E-state index contributed by atoms with van der Waals surface area (Å²) in [6, 6.07) is 7.30. The van der Waals surface area contributed by atoms with E-state index < -0.39 is 12.0 Å². The summed E-state index contributed by atoms with van der Waals surface area (Å²) in [6.07, 6.45) is 0. The summed E-state index contributed by atoms with van der Waals surface area (Å²) in [6.45, 7) is 5.20. The van der Waals surface area contributed by atoms with Crippen molar-refractivity contribution in [3.8, 4) is 0 Å². The zero-order valence-corrected chi connectivity index (χ0v) is 13.6. The van der Waals surface area contributed by atoms with Crippen molar-refractivity contribution in [1.29, 1.82) is 0 Å². The van der Waals surface area contributed by atoms with Gasteiger partial charge in [0.25, 0.3) is 0 Å². The fourth-order valence-corrected chi connectivity index (χ4v) is 2.77. The van der Waals surface area contributed by atoms with Gasteiger partial charge in [-0.05, 0) is 31.5 Å². The Kier molecular flexibility index (Phi) is 5.08. The zero-order chi connectivity index (χ0) is 16.3. The van der Waals surface area contributed by atoms with Gasteiger partial charge in [-0.3, -0.25) is 9.59 Å². The molecule has 0 radical (unpaired) electrons. The van der Waals surface area contributed by atoms with Gasteiger partial charge >= 0.3 is 0 Å². The van der Waals surface area contributed by atoms with Crippen molar-refractivity contribution in [2.75, 3.05) is 32.8 Å². The smallest absolute Gasteiger partial charge is 0.248 e. The molecule has 0 aliphatic carbocycles. The molecule has 2 rings (SSSR count). The van der Waals surface area contributed by atoms with E-state index in [9.17, 15) is 9.59 Å². The first kappa shape index (κ1) is 16.8. The summed E-state index contributed by atoms with van der Waals surface area (Å²) in [5, 5.41) is 9.52. The van der Waals surface area contributed by atoms with Crippen LogP contribution in [-0.4, -0.2) is 59.5 Å². The highest BCUT2D eigenvalue weighted by Crippen LogP contribution is 2.27. The Morgan fingerprint density at radius 2 is 1.59 bits per heavy atom. The highest BCUT2D eigenvalue weighted by molar-refractivity contribution is 6.30. The third-order valence-electron chi connectivity index (χ3n) is 4.16. The molecule has 0 aromatic heterocycles. The van der Waals surface area contributed by atoms with Crippen LogP contribution in [0, 0.1) is 0 Å². The Hall–Kier alpha value is -1.59. The summed E-state index contributed by atoms with van der Waals surface area (Å²) >= 11 is 5.90. The number of carbonyl (C=O) groups is 2. The first-order valence-corrected chi connectivity index (χ1v) is 7.68. The minimum Gasteiger partial charge on any atom is -0.387 e. The topological polar surface area (TPSA) is 60.9 Å². The summed E-state index contributed by atoms with van der Waals surface area (Å²) in [5.74, 6) is -0.255. The molecular formula is C16H21ClN2O3. The van der Waals surface area contributed by atoms with E-state index in [0.29, 0.717) is 31.2 Å². The minimum atomic E-state index is -0.645. The monoisotopic (exact) mass is 324 g/mol. The largest absolute Gasteiger partial charge is 0.387 e. The zero-order valence-electron chi connectivity index (χ0n) is 12.9. The van der Waals surface area contributed by atoms with Gasteiger partial charge in [-0.25, -0.2) is 0 Å². The lowest BCUT2D eigenvalue weighted by Crippen LogP contribution is -2.54. The molecule has 2 amide bonds. The maximum Gasteiger partial charge on any atom is 0.248 e. The van der Waals surface area contributed by atoms with Gasteiger partial charge in [-0.1, -0.05) is 23.7 Å². The van der Waals surface area contributed by atoms with Crippen LogP contribution >= 0.6 is 11.6 Å².